The molecule has 0 atom stereocenters. The lowest BCUT2D eigenvalue weighted by molar-refractivity contribution is 0.102. The molecule has 6 nitrogen and oxygen atoms in total. The Hall–Kier alpha value is -2.58. The molecule has 0 saturated heterocycles. The summed E-state index contributed by atoms with van der Waals surface area (Å²) in [5, 5.41) is 5.06. The fraction of sp³-hybridized carbons (Fsp3) is 0.188. The number of halogens is 1. The molecule has 0 fully saturated rings. The Morgan fingerprint density at radius 3 is 3.00 bits per heavy atom. The molecule has 0 aliphatic heterocycles. The van der Waals surface area contributed by atoms with Crippen molar-refractivity contribution in [2.45, 2.75) is 13.5 Å². The number of aromatic nitrogens is 3. The fourth-order valence-corrected chi connectivity index (χ4v) is 2.99. The van der Waals surface area contributed by atoms with Crippen molar-refractivity contribution in [3.63, 3.8) is 0 Å². The highest BCUT2D eigenvalue weighted by Gasteiger charge is 2.15. The molecule has 0 aliphatic rings. The molecular weight excluding hydrogens is 331 g/mol. The zero-order valence-electron chi connectivity index (χ0n) is 13.1. The number of rotatable bonds is 5. The van der Waals surface area contributed by atoms with Crippen LogP contribution in [0.5, 0.6) is 0 Å². The largest absolute Gasteiger partial charge is 0.378 e. The fourth-order valence-electron chi connectivity index (χ4n) is 2.24. The first kappa shape index (κ1) is 16.3. The third kappa shape index (κ3) is 3.34. The normalized spacial score (nSPS) is 10.8. The Kier molecular flexibility index (Phi) is 4.68. The molecule has 0 radical (unpaired) electrons. The van der Waals surface area contributed by atoms with Gasteiger partial charge in [0.05, 0.1) is 18.0 Å². The Balaban J connectivity index is 1.90. The van der Waals surface area contributed by atoms with Crippen molar-refractivity contribution in [2.75, 3.05) is 12.4 Å². The summed E-state index contributed by atoms with van der Waals surface area (Å²) in [6.45, 7) is 2.17. The highest BCUT2D eigenvalue weighted by molar-refractivity contribution is 7.09. The molecule has 2 aromatic heterocycles. The average Bonchev–Trinajstić information content (AvgIpc) is 3.17. The van der Waals surface area contributed by atoms with Crippen LogP contribution >= 0.6 is 11.3 Å². The first-order chi connectivity index (χ1) is 11.6. The van der Waals surface area contributed by atoms with Crippen LogP contribution in [0.2, 0.25) is 0 Å². The quantitative estimate of drug-likeness (QED) is 0.770. The maximum Gasteiger partial charge on any atom is 0.275 e. The second kappa shape index (κ2) is 6.90. The van der Waals surface area contributed by atoms with Crippen molar-refractivity contribution >= 4 is 22.9 Å². The molecule has 1 amide bonds. The molecule has 1 N–H and O–H groups in total. The lowest BCUT2D eigenvalue weighted by atomic mass is 10.2. The summed E-state index contributed by atoms with van der Waals surface area (Å²) in [5.74, 6) is -0.114. The monoisotopic (exact) mass is 346 g/mol. The van der Waals surface area contributed by atoms with Gasteiger partial charge in [0, 0.05) is 24.9 Å². The first-order valence-corrected chi connectivity index (χ1v) is 8.01. The number of thiazole rings is 1. The molecule has 0 unspecified atom stereocenters. The predicted octanol–water partition coefficient (Wildman–Crippen LogP) is 3.18. The number of anilines is 1. The van der Waals surface area contributed by atoms with Crippen LogP contribution in [0.1, 0.15) is 21.3 Å². The van der Waals surface area contributed by atoms with Gasteiger partial charge in [-0.3, -0.25) is 4.79 Å². The summed E-state index contributed by atoms with van der Waals surface area (Å²) in [6, 6.07) is 4.20. The van der Waals surface area contributed by atoms with E-state index in [1.807, 2.05) is 6.92 Å². The first-order valence-electron chi connectivity index (χ1n) is 7.13. The molecule has 1 aromatic carbocycles. The minimum absolute atomic E-state index is 0.268. The van der Waals surface area contributed by atoms with Crippen LogP contribution in [0.15, 0.2) is 36.0 Å². The van der Waals surface area contributed by atoms with Gasteiger partial charge in [0.2, 0.25) is 0 Å². The molecule has 24 heavy (non-hydrogen) atoms. The summed E-state index contributed by atoms with van der Waals surface area (Å²) < 4.78 is 20.4. The summed E-state index contributed by atoms with van der Waals surface area (Å²) in [6.07, 6.45) is 3.39. The summed E-state index contributed by atoms with van der Waals surface area (Å²) >= 11 is 1.33. The number of hydrogen-bond donors (Lipinski definition) is 1. The van der Waals surface area contributed by atoms with Crippen LogP contribution in [0, 0.1) is 12.7 Å². The lowest BCUT2D eigenvalue weighted by Crippen LogP contribution is -2.15. The van der Waals surface area contributed by atoms with E-state index >= 15 is 0 Å². The van der Waals surface area contributed by atoms with Gasteiger partial charge in [0.25, 0.3) is 5.91 Å². The smallest absolute Gasteiger partial charge is 0.275 e. The second-order valence-corrected chi connectivity index (χ2v) is 5.96. The highest BCUT2D eigenvalue weighted by Crippen LogP contribution is 2.23. The van der Waals surface area contributed by atoms with Crippen molar-refractivity contribution in [3.8, 4) is 5.69 Å². The number of nitrogens with zero attached hydrogens (tertiary/aromatic N) is 3. The third-order valence-corrected chi connectivity index (χ3v) is 4.17. The van der Waals surface area contributed by atoms with Gasteiger partial charge in [0.1, 0.15) is 22.3 Å². The van der Waals surface area contributed by atoms with E-state index in [1.54, 1.807) is 35.5 Å². The van der Waals surface area contributed by atoms with Crippen LogP contribution < -0.4 is 5.32 Å². The van der Waals surface area contributed by atoms with Gasteiger partial charge in [0.15, 0.2) is 0 Å². The zero-order chi connectivity index (χ0) is 17.1. The number of carbonyl (C=O) groups is 1. The van der Waals surface area contributed by atoms with Gasteiger partial charge in [-0.1, -0.05) is 0 Å². The van der Waals surface area contributed by atoms with Gasteiger partial charge < -0.3 is 14.6 Å². The average molecular weight is 346 g/mol. The molecule has 8 heteroatoms. The molecule has 0 bridgehead atoms. The van der Waals surface area contributed by atoms with Crippen molar-refractivity contribution in [2.24, 2.45) is 0 Å². The molecule has 3 rings (SSSR count). The van der Waals surface area contributed by atoms with Gasteiger partial charge in [-0.05, 0) is 25.1 Å². The molecular formula is C16H15FN4O2S. The van der Waals surface area contributed by atoms with E-state index in [-0.39, 0.29) is 5.69 Å². The van der Waals surface area contributed by atoms with Gasteiger partial charge in [-0.25, -0.2) is 14.4 Å². The van der Waals surface area contributed by atoms with E-state index in [4.69, 9.17) is 4.74 Å². The Morgan fingerprint density at radius 1 is 1.46 bits per heavy atom. The minimum Gasteiger partial charge on any atom is -0.378 e. The predicted molar refractivity (Wildman–Crippen MR) is 89.0 cm³/mol. The zero-order valence-corrected chi connectivity index (χ0v) is 13.9. The number of nitrogens with one attached hydrogen (secondary N) is 1. The number of benzene rings is 1. The van der Waals surface area contributed by atoms with E-state index < -0.39 is 11.7 Å². The minimum atomic E-state index is -0.440. The van der Waals surface area contributed by atoms with Crippen LogP contribution in [0.3, 0.4) is 0 Å². The molecule has 0 spiro atoms. The van der Waals surface area contributed by atoms with Crippen LogP contribution in [0.4, 0.5) is 10.1 Å². The van der Waals surface area contributed by atoms with Crippen LogP contribution in [-0.2, 0) is 11.3 Å². The lowest BCUT2D eigenvalue weighted by Gasteiger charge is -2.12. The number of ether oxygens (including phenoxy) is 1. The maximum absolute atomic E-state index is 13.6. The van der Waals surface area contributed by atoms with Gasteiger partial charge >= 0.3 is 0 Å². The number of imidazole rings is 1. The maximum atomic E-state index is 13.6. The molecule has 124 valence electrons. The van der Waals surface area contributed by atoms with Gasteiger partial charge in [-0.2, -0.15) is 0 Å². The highest BCUT2D eigenvalue weighted by atomic mass is 32.1. The standard InChI is InChI=1S/C16H15FN4O2S/c1-10-18-5-6-21(10)14-4-3-11(17)7-12(14)20-16(22)13-9-24-15(19-13)8-23-2/h3-7,9H,8H2,1-2H3,(H,20,22). The number of hydrogen-bond acceptors (Lipinski definition) is 5. The van der Waals surface area contributed by atoms with Gasteiger partial charge in [-0.15, -0.1) is 11.3 Å². The van der Waals surface area contributed by atoms with E-state index in [9.17, 15) is 9.18 Å². The molecule has 3 aromatic rings. The number of aryl methyl sites for hydroxylation is 1. The number of amides is 1. The van der Waals surface area contributed by atoms with Crippen molar-refractivity contribution < 1.29 is 13.9 Å². The summed E-state index contributed by atoms with van der Waals surface area (Å²) in [4.78, 5) is 20.7. The SMILES string of the molecule is COCc1nc(C(=O)Nc2cc(F)ccc2-n2ccnc2C)cs1. The van der Waals surface area contributed by atoms with E-state index in [0.29, 0.717) is 23.0 Å². The number of carbonyl (C=O) groups excluding carboxylic acids is 1. The number of methoxy groups -OCH3 is 1. The van der Waals surface area contributed by atoms with E-state index in [2.05, 4.69) is 15.3 Å². The molecule has 2 heterocycles. The Morgan fingerprint density at radius 2 is 2.29 bits per heavy atom. The van der Waals surface area contributed by atoms with Crippen LogP contribution in [0.25, 0.3) is 5.69 Å². The van der Waals surface area contributed by atoms with E-state index in [1.165, 1.54) is 23.5 Å². The van der Waals surface area contributed by atoms with Crippen LogP contribution in [-0.4, -0.2) is 27.6 Å². The third-order valence-electron chi connectivity index (χ3n) is 3.34. The Bertz CT molecular complexity index is 875. The summed E-state index contributed by atoms with van der Waals surface area (Å²) in [5.41, 5.74) is 1.25. The Labute approximate surface area is 141 Å². The van der Waals surface area contributed by atoms with Crippen molar-refractivity contribution in [1.29, 1.82) is 0 Å². The van der Waals surface area contributed by atoms with E-state index in [0.717, 1.165) is 5.82 Å². The second-order valence-electron chi connectivity index (χ2n) is 5.02. The summed E-state index contributed by atoms with van der Waals surface area (Å²) in [7, 11) is 1.56. The van der Waals surface area contributed by atoms with Crippen molar-refractivity contribution in [1.82, 2.24) is 14.5 Å². The topological polar surface area (TPSA) is 69.0 Å². The van der Waals surface area contributed by atoms with Crippen molar-refractivity contribution in [3.05, 3.63) is 58.3 Å². The molecule has 0 aliphatic carbocycles. The molecule has 0 saturated carbocycles.